The molecule has 0 saturated carbocycles. The Kier molecular flexibility index (Phi) is 6.51. The normalized spacial score (nSPS) is 22.6. The van der Waals surface area contributed by atoms with Crippen molar-refractivity contribution in [3.63, 3.8) is 0 Å². The van der Waals surface area contributed by atoms with E-state index in [1.807, 2.05) is 0 Å². The molecule has 0 aromatic carbocycles. The molecule has 0 bridgehead atoms. The van der Waals surface area contributed by atoms with Crippen LogP contribution >= 0.6 is 23.7 Å². The van der Waals surface area contributed by atoms with Crippen molar-refractivity contribution in [1.82, 2.24) is 10.3 Å². The van der Waals surface area contributed by atoms with Crippen LogP contribution in [0.4, 0.5) is 5.13 Å². The van der Waals surface area contributed by atoms with Crippen LogP contribution in [0, 0.1) is 5.92 Å². The number of carbonyl (C=O) groups excluding carboxylic acids is 1. The largest absolute Gasteiger partial charge is 0.317 e. The van der Waals surface area contributed by atoms with E-state index in [1.165, 1.54) is 16.2 Å². The van der Waals surface area contributed by atoms with E-state index in [2.05, 4.69) is 22.5 Å². The molecule has 1 aromatic rings. The number of fused-ring (bicyclic) bond motifs is 1. The average Bonchev–Trinajstić information content (AvgIpc) is 2.95. The monoisotopic (exact) mass is 407 g/mol. The number of nitrogens with one attached hydrogen (secondary N) is 2. The molecule has 1 aliphatic carbocycles. The number of hydrogen-bond donors (Lipinski definition) is 2. The van der Waals surface area contributed by atoms with Crippen LogP contribution in [-0.4, -0.2) is 43.4 Å². The molecule has 3 rings (SSSR count). The minimum Gasteiger partial charge on any atom is -0.317 e. The molecule has 1 unspecified atom stereocenters. The highest BCUT2D eigenvalue weighted by atomic mass is 35.5. The van der Waals surface area contributed by atoms with Gasteiger partial charge in [-0.25, -0.2) is 13.4 Å². The summed E-state index contributed by atoms with van der Waals surface area (Å²) in [5.41, 5.74) is 1.07. The second-order valence-electron chi connectivity index (χ2n) is 6.88. The Morgan fingerprint density at radius 3 is 2.68 bits per heavy atom. The molecule has 1 fully saturated rings. The molecule has 6 nitrogen and oxygen atoms in total. The zero-order valence-corrected chi connectivity index (χ0v) is 17.1. The highest BCUT2D eigenvalue weighted by Crippen LogP contribution is 2.35. The number of amides is 1. The quantitative estimate of drug-likeness (QED) is 0.798. The third kappa shape index (κ3) is 4.02. The number of halogens is 1. The Bertz CT molecular complexity index is 727. The van der Waals surface area contributed by atoms with Gasteiger partial charge in [-0.3, -0.25) is 4.79 Å². The molecule has 0 radical (unpaired) electrons. The molecule has 142 valence electrons. The lowest BCUT2D eigenvalue weighted by molar-refractivity contribution is -0.119. The maximum absolute atomic E-state index is 12.8. The molecule has 1 aromatic heterocycles. The second-order valence-corrected chi connectivity index (χ2v) is 10.3. The van der Waals surface area contributed by atoms with Gasteiger partial charge in [0.05, 0.1) is 5.69 Å². The molecule has 1 aliphatic heterocycles. The van der Waals surface area contributed by atoms with Gasteiger partial charge in [0, 0.05) is 11.1 Å². The molecule has 1 amide bonds. The number of anilines is 1. The molecule has 2 aliphatic rings. The van der Waals surface area contributed by atoms with E-state index < -0.39 is 20.5 Å². The fourth-order valence-electron chi connectivity index (χ4n) is 3.65. The van der Waals surface area contributed by atoms with Gasteiger partial charge >= 0.3 is 0 Å². The Balaban J connectivity index is 0.00000225. The van der Waals surface area contributed by atoms with Gasteiger partial charge in [-0.1, -0.05) is 13.3 Å². The van der Waals surface area contributed by atoms with Gasteiger partial charge in [-0.15, -0.1) is 23.7 Å². The first-order valence-corrected chi connectivity index (χ1v) is 11.3. The van der Waals surface area contributed by atoms with Crippen LogP contribution in [0.1, 0.15) is 43.2 Å². The summed E-state index contributed by atoms with van der Waals surface area (Å²) in [5.74, 6) is 0.262. The number of nitrogens with zero attached hydrogens (tertiary/aromatic N) is 1. The predicted octanol–water partition coefficient (Wildman–Crippen LogP) is 2.19. The smallest absolute Gasteiger partial charge is 0.247 e. The molecule has 2 N–H and O–H groups in total. The van der Waals surface area contributed by atoms with Crippen LogP contribution in [-0.2, 0) is 27.5 Å². The standard InChI is InChI=1S/C16H25N3O3S2.ClH/c1-3-11-4-5-12-13(10-11)23-15(18-12)19-14(20)16(24(2,21)22)6-8-17-9-7-16;/h11,17H,3-10H2,1-2H3,(H,18,19,20);1H. The summed E-state index contributed by atoms with van der Waals surface area (Å²) in [7, 11) is -3.50. The van der Waals surface area contributed by atoms with E-state index in [1.54, 1.807) is 0 Å². The lowest BCUT2D eigenvalue weighted by Crippen LogP contribution is -2.55. The second kappa shape index (κ2) is 7.90. The van der Waals surface area contributed by atoms with Crippen LogP contribution in [0.3, 0.4) is 0 Å². The highest BCUT2D eigenvalue weighted by Gasteiger charge is 2.49. The van der Waals surface area contributed by atoms with E-state index in [0.717, 1.165) is 37.6 Å². The third-order valence-corrected chi connectivity index (χ3v) is 8.42. The molecular formula is C16H26ClN3O3S2. The van der Waals surface area contributed by atoms with Crippen molar-refractivity contribution in [3.05, 3.63) is 10.6 Å². The molecule has 25 heavy (non-hydrogen) atoms. The maximum Gasteiger partial charge on any atom is 0.247 e. The number of carbonyl (C=O) groups is 1. The number of sulfone groups is 1. The van der Waals surface area contributed by atoms with E-state index in [0.29, 0.717) is 37.0 Å². The number of hydrogen-bond acceptors (Lipinski definition) is 6. The van der Waals surface area contributed by atoms with E-state index in [-0.39, 0.29) is 12.4 Å². The highest BCUT2D eigenvalue weighted by molar-refractivity contribution is 7.92. The maximum atomic E-state index is 12.8. The first-order valence-electron chi connectivity index (χ1n) is 8.56. The van der Waals surface area contributed by atoms with Crippen molar-refractivity contribution in [2.24, 2.45) is 5.92 Å². The Morgan fingerprint density at radius 2 is 2.08 bits per heavy atom. The Morgan fingerprint density at radius 1 is 1.40 bits per heavy atom. The van der Waals surface area contributed by atoms with Gasteiger partial charge in [0.25, 0.3) is 0 Å². The molecular weight excluding hydrogens is 382 g/mol. The minimum atomic E-state index is -3.50. The Labute approximate surface area is 159 Å². The SMILES string of the molecule is CCC1CCc2nc(NC(=O)C3(S(C)(=O)=O)CCNCC3)sc2C1.Cl. The van der Waals surface area contributed by atoms with Gasteiger partial charge in [-0.05, 0) is 51.1 Å². The number of rotatable bonds is 4. The average molecular weight is 408 g/mol. The molecule has 2 heterocycles. The first-order chi connectivity index (χ1) is 11.4. The van der Waals surface area contributed by atoms with Gasteiger partial charge in [0.1, 0.15) is 0 Å². The van der Waals surface area contributed by atoms with Crippen molar-refractivity contribution >= 4 is 44.6 Å². The minimum absolute atomic E-state index is 0. The van der Waals surface area contributed by atoms with Crippen molar-refractivity contribution in [3.8, 4) is 0 Å². The first kappa shape index (κ1) is 20.6. The van der Waals surface area contributed by atoms with Gasteiger partial charge in [-0.2, -0.15) is 0 Å². The Hall–Kier alpha value is -0.700. The fourth-order valence-corrected chi connectivity index (χ4v) is 6.10. The summed E-state index contributed by atoms with van der Waals surface area (Å²) in [6.07, 6.45) is 6.03. The van der Waals surface area contributed by atoms with Crippen LogP contribution in [0.15, 0.2) is 0 Å². The third-order valence-electron chi connectivity index (χ3n) is 5.37. The lowest BCUT2D eigenvalue weighted by Gasteiger charge is -2.33. The zero-order chi connectivity index (χ0) is 17.4. The van der Waals surface area contributed by atoms with Crippen molar-refractivity contribution in [2.45, 2.75) is 50.2 Å². The van der Waals surface area contributed by atoms with E-state index in [9.17, 15) is 13.2 Å². The van der Waals surface area contributed by atoms with Crippen LogP contribution < -0.4 is 10.6 Å². The summed E-state index contributed by atoms with van der Waals surface area (Å²) < 4.78 is 23.3. The van der Waals surface area contributed by atoms with Gasteiger partial charge in [0.2, 0.25) is 5.91 Å². The zero-order valence-electron chi connectivity index (χ0n) is 14.6. The van der Waals surface area contributed by atoms with E-state index >= 15 is 0 Å². The van der Waals surface area contributed by atoms with Gasteiger partial charge in [0.15, 0.2) is 19.7 Å². The lowest BCUT2D eigenvalue weighted by atomic mass is 9.89. The van der Waals surface area contributed by atoms with E-state index in [4.69, 9.17) is 0 Å². The van der Waals surface area contributed by atoms with Crippen molar-refractivity contribution < 1.29 is 13.2 Å². The fraction of sp³-hybridized carbons (Fsp3) is 0.750. The van der Waals surface area contributed by atoms with Crippen LogP contribution in [0.2, 0.25) is 0 Å². The molecule has 9 heteroatoms. The summed E-state index contributed by atoms with van der Waals surface area (Å²) in [6.45, 7) is 3.27. The number of thiazole rings is 1. The summed E-state index contributed by atoms with van der Waals surface area (Å²) in [5, 5.41) is 6.48. The molecule has 1 atom stereocenters. The number of aryl methyl sites for hydroxylation is 1. The van der Waals surface area contributed by atoms with Crippen LogP contribution in [0.5, 0.6) is 0 Å². The van der Waals surface area contributed by atoms with Gasteiger partial charge < -0.3 is 10.6 Å². The van der Waals surface area contributed by atoms with Crippen molar-refractivity contribution in [2.75, 3.05) is 24.7 Å². The summed E-state index contributed by atoms with van der Waals surface area (Å²) >= 11 is 1.50. The number of aromatic nitrogens is 1. The summed E-state index contributed by atoms with van der Waals surface area (Å²) in [6, 6.07) is 0. The topological polar surface area (TPSA) is 88.2 Å². The molecule has 0 spiro atoms. The van der Waals surface area contributed by atoms with Crippen LogP contribution in [0.25, 0.3) is 0 Å². The molecule has 1 saturated heterocycles. The number of piperidine rings is 1. The predicted molar refractivity (Wildman–Crippen MR) is 103 cm³/mol. The van der Waals surface area contributed by atoms with Crippen molar-refractivity contribution in [1.29, 1.82) is 0 Å². The summed E-state index contributed by atoms with van der Waals surface area (Å²) in [4.78, 5) is 18.6.